The Balaban J connectivity index is 0.000000305. The SMILES string of the molecule is CCOc1ccc(S(N)(=O)=O)cc1.Cc1ccc(S(=O)(=O)OCC(F)(F)F)cc1.NS(=O)(=O)c1ccc(O)cc1. The minimum atomic E-state index is -4.67. The Hall–Kier alpha value is -3.22. The van der Waals surface area contributed by atoms with Gasteiger partial charge in [-0.3, -0.25) is 4.18 Å². The Morgan fingerprint density at radius 2 is 1.12 bits per heavy atom. The Labute approximate surface area is 230 Å². The second-order valence-electron chi connectivity index (χ2n) is 7.63. The normalized spacial score (nSPS) is 11.9. The number of ether oxygens (including phenoxy) is 1. The number of alkyl halides is 3. The topological polar surface area (TPSA) is 193 Å². The Morgan fingerprint density at radius 3 is 1.50 bits per heavy atom. The van der Waals surface area contributed by atoms with Crippen molar-refractivity contribution in [2.75, 3.05) is 13.2 Å². The molecule has 0 aromatic heterocycles. The molecular weight excluding hydrogens is 601 g/mol. The van der Waals surface area contributed by atoms with Crippen LogP contribution in [0.1, 0.15) is 12.5 Å². The molecular formula is C23H27F3N2O9S3. The molecule has 3 aromatic carbocycles. The van der Waals surface area contributed by atoms with Crippen molar-refractivity contribution in [1.82, 2.24) is 0 Å². The monoisotopic (exact) mass is 628 g/mol. The molecule has 5 N–H and O–H groups in total. The molecule has 3 rings (SSSR count). The zero-order chi connectivity index (χ0) is 30.8. The molecule has 0 unspecified atom stereocenters. The number of hydrogen-bond acceptors (Lipinski definition) is 9. The van der Waals surface area contributed by atoms with E-state index in [1.54, 1.807) is 19.1 Å². The predicted molar refractivity (Wildman–Crippen MR) is 139 cm³/mol. The van der Waals surface area contributed by atoms with Crippen LogP contribution in [0.15, 0.2) is 87.5 Å². The number of rotatable bonds is 7. The number of hydrogen-bond donors (Lipinski definition) is 3. The second-order valence-corrected chi connectivity index (χ2v) is 12.4. The van der Waals surface area contributed by atoms with Crippen molar-refractivity contribution in [3.63, 3.8) is 0 Å². The minimum Gasteiger partial charge on any atom is -0.508 e. The van der Waals surface area contributed by atoms with Crippen molar-refractivity contribution in [3.8, 4) is 11.5 Å². The third-order valence-corrected chi connectivity index (χ3v) is 7.45. The predicted octanol–water partition coefficient (Wildman–Crippen LogP) is 3.03. The third-order valence-electron chi connectivity index (χ3n) is 4.32. The van der Waals surface area contributed by atoms with E-state index in [2.05, 4.69) is 4.18 Å². The van der Waals surface area contributed by atoms with E-state index in [4.69, 9.17) is 20.1 Å². The van der Waals surface area contributed by atoms with E-state index >= 15 is 0 Å². The summed E-state index contributed by atoms with van der Waals surface area (Å²) < 4.78 is 110. The number of halogens is 3. The Kier molecular flexibility index (Phi) is 12.6. The largest absolute Gasteiger partial charge is 0.508 e. The van der Waals surface area contributed by atoms with Gasteiger partial charge in [0.1, 0.15) is 11.5 Å². The zero-order valence-electron chi connectivity index (χ0n) is 21.1. The van der Waals surface area contributed by atoms with Crippen LogP contribution in [0.2, 0.25) is 0 Å². The van der Waals surface area contributed by atoms with Crippen LogP contribution in [-0.2, 0) is 34.3 Å². The number of primary sulfonamides is 2. The zero-order valence-corrected chi connectivity index (χ0v) is 23.5. The van der Waals surface area contributed by atoms with Crippen LogP contribution in [0.3, 0.4) is 0 Å². The molecule has 0 aliphatic heterocycles. The van der Waals surface area contributed by atoms with Gasteiger partial charge in [-0.25, -0.2) is 27.1 Å². The van der Waals surface area contributed by atoms with Crippen LogP contribution in [0, 0.1) is 6.92 Å². The third kappa shape index (κ3) is 13.2. The summed E-state index contributed by atoms with van der Waals surface area (Å²) in [5, 5.41) is 18.5. The molecule has 0 aliphatic carbocycles. The summed E-state index contributed by atoms with van der Waals surface area (Å²) in [5.74, 6) is 0.646. The number of benzene rings is 3. The van der Waals surface area contributed by atoms with E-state index in [1.165, 1.54) is 60.7 Å². The van der Waals surface area contributed by atoms with Gasteiger partial charge in [0.15, 0.2) is 6.61 Å². The maximum atomic E-state index is 11.8. The molecule has 17 heteroatoms. The molecule has 0 bridgehead atoms. The average molecular weight is 629 g/mol. The molecule has 0 fully saturated rings. The quantitative estimate of drug-likeness (QED) is 0.330. The number of phenolic OH excluding ortho intramolecular Hbond substituents is 1. The van der Waals surface area contributed by atoms with Gasteiger partial charge in [-0.05, 0) is 74.5 Å². The summed E-state index contributed by atoms with van der Waals surface area (Å²) in [6, 6.07) is 16.3. The number of phenols is 1. The molecule has 0 radical (unpaired) electrons. The van der Waals surface area contributed by atoms with Gasteiger partial charge in [0, 0.05) is 0 Å². The fourth-order valence-corrected chi connectivity index (χ4v) is 4.37. The lowest BCUT2D eigenvalue weighted by molar-refractivity contribution is -0.152. The summed E-state index contributed by atoms with van der Waals surface area (Å²) in [6.45, 7) is 2.32. The van der Waals surface area contributed by atoms with Gasteiger partial charge in [0.25, 0.3) is 10.1 Å². The van der Waals surface area contributed by atoms with Crippen molar-refractivity contribution in [2.24, 2.45) is 10.3 Å². The van der Waals surface area contributed by atoms with Crippen molar-refractivity contribution < 1.29 is 52.5 Å². The maximum Gasteiger partial charge on any atom is 0.413 e. The van der Waals surface area contributed by atoms with Crippen LogP contribution in [0.5, 0.6) is 11.5 Å². The maximum absolute atomic E-state index is 11.8. The molecule has 0 saturated carbocycles. The lowest BCUT2D eigenvalue weighted by atomic mass is 10.2. The molecule has 11 nitrogen and oxygen atoms in total. The van der Waals surface area contributed by atoms with Gasteiger partial charge >= 0.3 is 6.18 Å². The average Bonchev–Trinajstić information content (AvgIpc) is 2.83. The van der Waals surface area contributed by atoms with Gasteiger partial charge in [0.05, 0.1) is 21.3 Å². The number of aromatic hydroxyl groups is 1. The second kappa shape index (κ2) is 14.4. The molecule has 3 aromatic rings. The molecule has 222 valence electrons. The number of aryl methyl sites for hydroxylation is 1. The highest BCUT2D eigenvalue weighted by Crippen LogP contribution is 2.20. The summed E-state index contributed by atoms with van der Waals surface area (Å²) in [7, 11) is -11.6. The minimum absolute atomic E-state index is 0.00435. The highest BCUT2D eigenvalue weighted by Gasteiger charge is 2.31. The fourth-order valence-electron chi connectivity index (χ4n) is 2.45. The molecule has 0 heterocycles. The first-order valence-corrected chi connectivity index (χ1v) is 15.3. The first kappa shape index (κ1) is 34.8. The molecule has 40 heavy (non-hydrogen) atoms. The Bertz CT molecular complexity index is 1540. The van der Waals surface area contributed by atoms with Crippen molar-refractivity contribution in [1.29, 1.82) is 0 Å². The van der Waals surface area contributed by atoms with Gasteiger partial charge < -0.3 is 9.84 Å². The first-order chi connectivity index (χ1) is 18.2. The summed E-state index contributed by atoms with van der Waals surface area (Å²) in [5.41, 5.74) is 0.801. The molecule has 0 amide bonds. The number of sulfonamides is 2. The van der Waals surface area contributed by atoms with E-state index in [9.17, 15) is 38.4 Å². The summed E-state index contributed by atoms with van der Waals surface area (Å²) >= 11 is 0. The van der Waals surface area contributed by atoms with E-state index < -0.39 is 42.9 Å². The summed E-state index contributed by atoms with van der Waals surface area (Å²) in [6.07, 6.45) is -4.67. The standard InChI is InChI=1S/C9H9F3O3S.C8H11NO3S.C6H7NO3S/c1-7-2-4-8(5-3-7)16(13,14)15-6-9(10,11)12;1-2-12-7-3-5-8(6-4-7)13(9,10)11;7-11(9,10)6-3-1-5(8)2-4-6/h2-5H,6H2,1H3;3-6H,2H2,1H3,(H2,9,10,11);1-4,8H,(H2,7,9,10). The molecule has 0 spiro atoms. The van der Waals surface area contributed by atoms with E-state index in [0.717, 1.165) is 5.56 Å². The first-order valence-electron chi connectivity index (χ1n) is 10.8. The fraction of sp³-hybridized carbons (Fsp3) is 0.217. The van der Waals surface area contributed by atoms with Gasteiger partial charge in [-0.1, -0.05) is 17.7 Å². The van der Waals surface area contributed by atoms with Crippen molar-refractivity contribution in [2.45, 2.75) is 34.7 Å². The van der Waals surface area contributed by atoms with Crippen LogP contribution in [0.4, 0.5) is 13.2 Å². The van der Waals surface area contributed by atoms with Crippen LogP contribution in [-0.4, -0.2) is 49.7 Å². The molecule has 0 saturated heterocycles. The Morgan fingerprint density at radius 1 is 0.725 bits per heavy atom. The number of nitrogens with two attached hydrogens (primary N) is 2. The molecule has 0 atom stereocenters. The van der Waals surface area contributed by atoms with E-state index in [1.807, 2.05) is 6.92 Å². The van der Waals surface area contributed by atoms with E-state index in [-0.39, 0.29) is 20.4 Å². The highest BCUT2D eigenvalue weighted by atomic mass is 32.2. The van der Waals surface area contributed by atoms with Crippen LogP contribution >= 0.6 is 0 Å². The summed E-state index contributed by atoms with van der Waals surface area (Å²) in [4.78, 5) is -0.200. The van der Waals surface area contributed by atoms with Crippen molar-refractivity contribution >= 4 is 30.2 Å². The lowest BCUT2D eigenvalue weighted by Gasteiger charge is -2.08. The lowest BCUT2D eigenvalue weighted by Crippen LogP contribution is -2.20. The van der Waals surface area contributed by atoms with Gasteiger partial charge in [-0.2, -0.15) is 21.6 Å². The van der Waals surface area contributed by atoms with Gasteiger partial charge in [-0.15, -0.1) is 0 Å². The van der Waals surface area contributed by atoms with Gasteiger partial charge in [0.2, 0.25) is 20.0 Å². The van der Waals surface area contributed by atoms with Crippen molar-refractivity contribution in [3.05, 3.63) is 78.4 Å². The van der Waals surface area contributed by atoms with Crippen LogP contribution in [0.25, 0.3) is 0 Å². The smallest absolute Gasteiger partial charge is 0.413 e. The van der Waals surface area contributed by atoms with Crippen LogP contribution < -0.4 is 15.0 Å². The highest BCUT2D eigenvalue weighted by molar-refractivity contribution is 7.89. The molecule has 0 aliphatic rings. The van der Waals surface area contributed by atoms with E-state index in [0.29, 0.717) is 12.4 Å².